The fraction of sp³-hybridized carbons (Fsp3) is 0.462. The summed E-state index contributed by atoms with van der Waals surface area (Å²) in [7, 11) is 0. The van der Waals surface area contributed by atoms with Crippen LogP contribution >= 0.6 is 0 Å². The third-order valence-electron chi connectivity index (χ3n) is 3.15. The van der Waals surface area contributed by atoms with Gasteiger partial charge < -0.3 is 5.11 Å². The highest BCUT2D eigenvalue weighted by Crippen LogP contribution is 2.45. The van der Waals surface area contributed by atoms with Gasteiger partial charge in [0.2, 0.25) is 0 Å². The van der Waals surface area contributed by atoms with Gasteiger partial charge in [-0.05, 0) is 23.6 Å². The highest BCUT2D eigenvalue weighted by atomic mass is 19.4. The number of hydrogen-bond acceptors (Lipinski definition) is 2. The molecule has 21 heavy (non-hydrogen) atoms. The fourth-order valence-electron chi connectivity index (χ4n) is 1.94. The summed E-state index contributed by atoms with van der Waals surface area (Å²) in [5, 5.41) is 18.5. The Balaban J connectivity index is 3.62. The van der Waals surface area contributed by atoms with Crippen molar-refractivity contribution >= 4 is 0 Å². The summed E-state index contributed by atoms with van der Waals surface area (Å²) in [4.78, 5) is 0. The first kappa shape index (κ1) is 17.3. The second-order valence-corrected chi connectivity index (χ2v) is 4.79. The highest BCUT2D eigenvalue weighted by Gasteiger charge is 2.57. The first-order valence-electron chi connectivity index (χ1n) is 5.76. The summed E-state index contributed by atoms with van der Waals surface area (Å²) in [5.41, 5.74) is -6.69. The van der Waals surface area contributed by atoms with Gasteiger partial charge >= 0.3 is 12.4 Å². The van der Waals surface area contributed by atoms with E-state index in [0.29, 0.717) is 12.1 Å². The van der Waals surface area contributed by atoms with Crippen LogP contribution in [0.25, 0.3) is 0 Å². The van der Waals surface area contributed by atoms with Gasteiger partial charge in [-0.3, -0.25) is 0 Å². The van der Waals surface area contributed by atoms with Crippen molar-refractivity contribution < 1.29 is 31.4 Å². The lowest BCUT2D eigenvalue weighted by molar-refractivity contribution is -0.283. The number of hydrogen-bond donors (Lipinski definition) is 1. The van der Waals surface area contributed by atoms with Crippen LogP contribution < -0.4 is 0 Å². The second kappa shape index (κ2) is 5.22. The number of nitrogens with zero attached hydrogens (tertiary/aromatic N) is 1. The van der Waals surface area contributed by atoms with Crippen LogP contribution in [0.4, 0.5) is 26.3 Å². The summed E-state index contributed by atoms with van der Waals surface area (Å²) in [6.07, 6.45) is -10.2. The molecular weight excluding hydrogens is 300 g/mol. The van der Waals surface area contributed by atoms with Crippen molar-refractivity contribution in [3.8, 4) is 6.07 Å². The normalized spacial score (nSPS) is 15.7. The van der Waals surface area contributed by atoms with Gasteiger partial charge in [-0.15, -0.1) is 0 Å². The Morgan fingerprint density at radius 2 is 1.62 bits per heavy atom. The van der Waals surface area contributed by atoms with Gasteiger partial charge in [0, 0.05) is 0 Å². The van der Waals surface area contributed by atoms with E-state index in [0.717, 1.165) is 13.8 Å². The van der Waals surface area contributed by atoms with E-state index in [9.17, 15) is 31.4 Å². The van der Waals surface area contributed by atoms with Crippen LogP contribution in [0.2, 0.25) is 0 Å². The summed E-state index contributed by atoms with van der Waals surface area (Å²) in [6, 6.07) is 2.74. The molecule has 116 valence electrons. The minimum atomic E-state index is -5.15. The van der Waals surface area contributed by atoms with E-state index in [4.69, 9.17) is 5.26 Å². The number of benzene rings is 1. The predicted octanol–water partition coefficient (Wildman–Crippen LogP) is 3.98. The van der Waals surface area contributed by atoms with E-state index in [1.807, 2.05) is 0 Å². The van der Waals surface area contributed by atoms with Gasteiger partial charge in [0.05, 0.1) is 17.2 Å². The predicted molar refractivity (Wildman–Crippen MR) is 60.9 cm³/mol. The van der Waals surface area contributed by atoms with Crippen LogP contribution in [0.3, 0.4) is 0 Å². The molecule has 0 bridgehead atoms. The van der Waals surface area contributed by atoms with Crippen molar-refractivity contribution in [3.05, 3.63) is 34.9 Å². The zero-order chi connectivity index (χ0) is 16.6. The maximum Gasteiger partial charge on any atom is 0.421 e. The molecule has 1 rings (SSSR count). The average Bonchev–Trinajstić information content (AvgIpc) is 2.34. The van der Waals surface area contributed by atoms with Gasteiger partial charge in [-0.1, -0.05) is 19.9 Å². The standard InChI is InChI=1S/C13H11F6NO/c1-7(2)11(21,13(17,18)19)9-4-3-8(6-20)10(5-9)12(14,15)16/h3-5,7,21H,1-2H3. The molecule has 0 heterocycles. The summed E-state index contributed by atoms with van der Waals surface area (Å²) >= 11 is 0. The molecule has 0 radical (unpaired) electrons. The first-order valence-corrected chi connectivity index (χ1v) is 5.76. The maximum atomic E-state index is 13.1. The smallest absolute Gasteiger partial charge is 0.376 e. The third kappa shape index (κ3) is 2.97. The molecule has 0 amide bonds. The van der Waals surface area contributed by atoms with Gasteiger partial charge in [0.25, 0.3) is 0 Å². The van der Waals surface area contributed by atoms with E-state index in [1.54, 1.807) is 0 Å². The Labute approximate surface area is 116 Å². The molecule has 0 aromatic heterocycles. The monoisotopic (exact) mass is 311 g/mol. The number of rotatable bonds is 2. The molecule has 2 nitrogen and oxygen atoms in total. The van der Waals surface area contributed by atoms with Crippen molar-refractivity contribution in [2.45, 2.75) is 31.8 Å². The zero-order valence-electron chi connectivity index (χ0n) is 11.0. The molecule has 0 spiro atoms. The van der Waals surface area contributed by atoms with E-state index >= 15 is 0 Å². The lowest BCUT2D eigenvalue weighted by Crippen LogP contribution is -2.46. The fourth-order valence-corrected chi connectivity index (χ4v) is 1.94. The molecule has 1 aromatic rings. The van der Waals surface area contributed by atoms with Crippen LogP contribution in [0.15, 0.2) is 18.2 Å². The van der Waals surface area contributed by atoms with Gasteiger partial charge in [0.1, 0.15) is 0 Å². The Morgan fingerprint density at radius 3 is 1.95 bits per heavy atom. The second-order valence-electron chi connectivity index (χ2n) is 4.79. The molecule has 0 aliphatic heterocycles. The molecular formula is C13H11F6NO. The molecule has 0 aliphatic rings. The summed E-state index contributed by atoms with van der Waals surface area (Å²) in [6.45, 7) is 2.08. The van der Waals surface area contributed by atoms with Crippen molar-refractivity contribution in [3.63, 3.8) is 0 Å². The van der Waals surface area contributed by atoms with Crippen molar-refractivity contribution in [2.75, 3.05) is 0 Å². The number of alkyl halides is 6. The van der Waals surface area contributed by atoms with E-state index in [2.05, 4.69) is 0 Å². The molecule has 0 aliphatic carbocycles. The third-order valence-corrected chi connectivity index (χ3v) is 3.15. The number of nitriles is 1. The Hall–Kier alpha value is -1.75. The Morgan fingerprint density at radius 1 is 1.10 bits per heavy atom. The Bertz CT molecular complexity index is 569. The molecule has 0 saturated heterocycles. The van der Waals surface area contributed by atoms with E-state index in [-0.39, 0.29) is 6.07 Å². The van der Waals surface area contributed by atoms with Crippen LogP contribution in [-0.4, -0.2) is 11.3 Å². The highest BCUT2D eigenvalue weighted by molar-refractivity contribution is 5.44. The minimum absolute atomic E-state index is 0.173. The van der Waals surface area contributed by atoms with Crippen LogP contribution in [0.5, 0.6) is 0 Å². The SMILES string of the molecule is CC(C)C(O)(c1ccc(C#N)c(C(F)(F)F)c1)C(F)(F)F. The van der Waals surface area contributed by atoms with Gasteiger partial charge in [0.15, 0.2) is 5.60 Å². The molecule has 1 aromatic carbocycles. The average molecular weight is 311 g/mol. The first-order chi connectivity index (χ1) is 9.35. The van der Waals surface area contributed by atoms with Crippen molar-refractivity contribution in [1.29, 1.82) is 5.26 Å². The van der Waals surface area contributed by atoms with Crippen molar-refractivity contribution in [2.24, 2.45) is 5.92 Å². The van der Waals surface area contributed by atoms with E-state index in [1.165, 1.54) is 6.07 Å². The molecule has 1 atom stereocenters. The largest absolute Gasteiger partial charge is 0.421 e. The lowest BCUT2D eigenvalue weighted by Gasteiger charge is -2.35. The van der Waals surface area contributed by atoms with Crippen molar-refractivity contribution in [1.82, 2.24) is 0 Å². The van der Waals surface area contributed by atoms with Crippen LogP contribution in [0.1, 0.15) is 30.5 Å². The molecule has 0 saturated carbocycles. The van der Waals surface area contributed by atoms with Crippen LogP contribution in [0, 0.1) is 17.2 Å². The topological polar surface area (TPSA) is 44.0 Å². The Kier molecular flexibility index (Phi) is 4.30. The molecule has 8 heteroatoms. The van der Waals surface area contributed by atoms with E-state index < -0.39 is 40.6 Å². The maximum absolute atomic E-state index is 13.1. The van der Waals surface area contributed by atoms with Gasteiger partial charge in [-0.2, -0.15) is 31.6 Å². The van der Waals surface area contributed by atoms with Gasteiger partial charge in [-0.25, -0.2) is 0 Å². The lowest BCUT2D eigenvalue weighted by atomic mass is 9.81. The molecule has 1 N–H and O–H groups in total. The number of halogens is 6. The summed E-state index contributed by atoms with van der Waals surface area (Å²) < 4.78 is 77.5. The number of aliphatic hydroxyl groups is 1. The zero-order valence-corrected chi connectivity index (χ0v) is 11.0. The molecule has 0 fully saturated rings. The van der Waals surface area contributed by atoms with Crippen LogP contribution in [-0.2, 0) is 11.8 Å². The molecule has 1 unspecified atom stereocenters. The minimum Gasteiger partial charge on any atom is -0.376 e. The summed E-state index contributed by atoms with van der Waals surface area (Å²) in [5.74, 6) is -1.41. The quantitative estimate of drug-likeness (QED) is 0.840.